The summed E-state index contributed by atoms with van der Waals surface area (Å²) in [6.07, 6.45) is 6.01. The van der Waals surface area contributed by atoms with Crippen LogP contribution in [0.5, 0.6) is 5.75 Å². The molecule has 0 amide bonds. The van der Waals surface area contributed by atoms with Crippen LogP contribution in [0.15, 0.2) is 58.5 Å². The van der Waals surface area contributed by atoms with E-state index in [9.17, 15) is 19.5 Å². The van der Waals surface area contributed by atoms with E-state index in [0.717, 1.165) is 63.4 Å². The molecule has 2 N–H and O–H groups in total. The van der Waals surface area contributed by atoms with Gasteiger partial charge in [0.15, 0.2) is 6.10 Å². The molecule has 1 aromatic heterocycles. The van der Waals surface area contributed by atoms with E-state index in [1.165, 1.54) is 33.8 Å². The van der Waals surface area contributed by atoms with Crippen LogP contribution in [0.3, 0.4) is 0 Å². The number of methoxy groups -OCH3 is 4. The maximum Gasteiger partial charge on any atom is 0.344 e. The van der Waals surface area contributed by atoms with Gasteiger partial charge in [-0.25, -0.2) is 4.79 Å². The molecule has 0 radical (unpaired) electrons. The summed E-state index contributed by atoms with van der Waals surface area (Å²) in [4.78, 5) is 66.4. The zero-order valence-corrected chi connectivity index (χ0v) is 38.9. The second-order valence-corrected chi connectivity index (χ2v) is 19.6. The molecule has 2 unspecified atom stereocenters. The first-order chi connectivity index (χ1) is 30.7. The molecule has 3 aromatic rings. The Morgan fingerprint density at radius 1 is 0.969 bits per heavy atom. The van der Waals surface area contributed by atoms with Crippen molar-refractivity contribution in [1.29, 1.82) is 0 Å². The number of aromatic nitrogens is 1. The molecule has 64 heavy (non-hydrogen) atoms. The summed E-state index contributed by atoms with van der Waals surface area (Å²) in [5, 5.41) is 14.3. The minimum atomic E-state index is -2.28. The van der Waals surface area contributed by atoms with Gasteiger partial charge in [0.2, 0.25) is 5.60 Å². The Balaban J connectivity index is 1.31. The number of ether oxygens (including phenoxy) is 5. The topological polar surface area (TPSA) is 160 Å². The lowest BCUT2D eigenvalue weighted by atomic mass is 9.52. The third-order valence-electron chi connectivity index (χ3n) is 15.5. The van der Waals surface area contributed by atoms with Crippen molar-refractivity contribution in [2.24, 2.45) is 11.8 Å². The van der Waals surface area contributed by atoms with E-state index in [0.29, 0.717) is 56.0 Å². The fourth-order valence-corrected chi connectivity index (χ4v) is 13.9. The van der Waals surface area contributed by atoms with Gasteiger partial charge in [-0.3, -0.25) is 24.2 Å². The van der Waals surface area contributed by atoms with E-state index in [2.05, 4.69) is 52.9 Å². The molecule has 2 aromatic carbocycles. The van der Waals surface area contributed by atoms with Gasteiger partial charge in [0.05, 0.1) is 40.9 Å². The van der Waals surface area contributed by atoms with Gasteiger partial charge in [0.25, 0.3) is 0 Å². The van der Waals surface area contributed by atoms with E-state index in [4.69, 9.17) is 23.7 Å². The van der Waals surface area contributed by atoms with Crippen LogP contribution in [0, 0.1) is 11.8 Å². The lowest BCUT2D eigenvalue weighted by molar-refractivity contribution is -0.212. The van der Waals surface area contributed by atoms with Gasteiger partial charge in [0.1, 0.15) is 11.2 Å². The van der Waals surface area contributed by atoms with Crippen molar-refractivity contribution in [1.82, 2.24) is 14.8 Å². The van der Waals surface area contributed by atoms with E-state index in [1.807, 2.05) is 30.1 Å². The molecule has 1 saturated heterocycles. The number of anilines is 1. The zero-order valence-electron chi connectivity index (χ0n) is 38.1. The van der Waals surface area contributed by atoms with Crippen LogP contribution < -0.4 is 9.64 Å². The van der Waals surface area contributed by atoms with E-state index >= 15 is 4.79 Å². The number of thioether (sulfide) groups is 1. The Morgan fingerprint density at radius 3 is 2.44 bits per heavy atom. The van der Waals surface area contributed by atoms with Gasteiger partial charge in [-0.1, -0.05) is 37.1 Å². The van der Waals surface area contributed by atoms with Crippen LogP contribution in [0.1, 0.15) is 75.3 Å². The molecule has 14 nitrogen and oxygen atoms in total. The number of H-pyrrole nitrogens is 1. The highest BCUT2D eigenvalue weighted by molar-refractivity contribution is 7.99. The lowest BCUT2D eigenvalue weighted by Gasteiger charge is -2.59. The van der Waals surface area contributed by atoms with Gasteiger partial charge in [-0.15, -0.1) is 11.8 Å². The molecule has 6 aliphatic rings. The number of hydrogen-bond acceptors (Lipinski definition) is 14. The molecule has 342 valence electrons. The highest BCUT2D eigenvalue weighted by atomic mass is 32.2. The maximum atomic E-state index is 15.4. The summed E-state index contributed by atoms with van der Waals surface area (Å²) in [7, 11) is 7.57. The number of carbonyl (C=O) groups excluding carboxylic acids is 4. The number of benzene rings is 2. The fraction of sp³-hybridized carbons (Fsp3) is 0.551. The Hall–Kier alpha value is -4.83. The van der Waals surface area contributed by atoms with Gasteiger partial charge in [-0.2, -0.15) is 0 Å². The molecule has 6 heterocycles. The largest absolute Gasteiger partial charge is 0.496 e. The van der Waals surface area contributed by atoms with Crippen LogP contribution in [-0.4, -0.2) is 135 Å². The SMILES string of the molecule is CCC1=C[C@H]2CN(C1)Cc1c([nH]c3ccc(SCCC(=O)OC)cc13)[C@@](C(=O)OC)(c1cc3c(cc1OC)N(C)[C@H]1[C@@](O)(C(=O)OC)[C@H](OC(C)=O)C4C(CC)=CCN5CC[C@]31[C@H]45)C2. The smallest absolute Gasteiger partial charge is 0.344 e. The minimum Gasteiger partial charge on any atom is -0.496 e. The number of esters is 4. The van der Waals surface area contributed by atoms with Crippen LogP contribution in [0.2, 0.25) is 0 Å². The normalized spacial score (nSPS) is 31.3. The van der Waals surface area contributed by atoms with Crippen LogP contribution in [0.25, 0.3) is 10.9 Å². The number of aromatic amines is 1. The Kier molecular flexibility index (Phi) is 11.5. The van der Waals surface area contributed by atoms with Gasteiger partial charge >= 0.3 is 23.9 Å². The van der Waals surface area contributed by atoms with Crippen molar-refractivity contribution in [3.63, 3.8) is 0 Å². The molecular weight excluding hydrogens is 837 g/mol. The number of nitrogens with zero attached hydrogens (tertiary/aromatic N) is 3. The number of likely N-dealkylation sites (N-methyl/N-ethyl adjacent to an activating group) is 1. The first-order valence-electron chi connectivity index (χ1n) is 22.5. The predicted octanol–water partition coefficient (Wildman–Crippen LogP) is 5.41. The van der Waals surface area contributed by atoms with Gasteiger partial charge < -0.3 is 38.7 Å². The molecule has 9 atom stereocenters. The molecule has 2 fully saturated rings. The molecule has 5 aliphatic heterocycles. The maximum absolute atomic E-state index is 15.4. The average Bonchev–Trinajstić information content (AvgIpc) is 3.94. The van der Waals surface area contributed by atoms with Crippen LogP contribution in [0.4, 0.5) is 5.69 Å². The first-order valence-corrected chi connectivity index (χ1v) is 23.5. The monoisotopic (exact) mass is 896 g/mol. The molecule has 1 saturated carbocycles. The first kappa shape index (κ1) is 44.4. The number of rotatable bonds is 11. The number of nitrogens with one attached hydrogen (secondary N) is 1. The van der Waals surface area contributed by atoms with E-state index in [1.54, 1.807) is 18.9 Å². The van der Waals surface area contributed by atoms with E-state index < -0.39 is 52.4 Å². The van der Waals surface area contributed by atoms with Crippen molar-refractivity contribution >= 4 is 52.2 Å². The third-order valence-corrected chi connectivity index (χ3v) is 16.4. The molecule has 1 aliphatic carbocycles. The van der Waals surface area contributed by atoms with Crippen LogP contribution in [-0.2, 0) is 55.5 Å². The third kappa shape index (κ3) is 6.38. The second-order valence-electron chi connectivity index (χ2n) is 18.4. The van der Waals surface area contributed by atoms with Gasteiger partial charge in [-0.05, 0) is 73.5 Å². The Labute approximate surface area is 378 Å². The quantitative estimate of drug-likeness (QED) is 0.109. The number of fused-ring (bicyclic) bond motifs is 6. The summed E-state index contributed by atoms with van der Waals surface area (Å²) < 4.78 is 28.9. The highest BCUT2D eigenvalue weighted by Crippen LogP contribution is 2.65. The molecule has 2 bridgehead atoms. The Bertz CT molecular complexity index is 2480. The summed E-state index contributed by atoms with van der Waals surface area (Å²) >= 11 is 1.58. The van der Waals surface area contributed by atoms with Crippen molar-refractivity contribution in [2.45, 2.75) is 98.9 Å². The van der Waals surface area contributed by atoms with Crippen LogP contribution >= 0.6 is 11.8 Å². The fourth-order valence-electron chi connectivity index (χ4n) is 13.0. The van der Waals surface area contributed by atoms with Crippen molar-refractivity contribution in [3.8, 4) is 5.75 Å². The number of aliphatic hydroxyl groups is 1. The number of carbonyl (C=O) groups is 4. The average molecular weight is 897 g/mol. The van der Waals surface area contributed by atoms with Crippen molar-refractivity contribution in [3.05, 3.63) is 76.0 Å². The molecular formula is C49H60N4O10S. The summed E-state index contributed by atoms with van der Waals surface area (Å²) in [5.74, 6) is -1.70. The molecule has 15 heteroatoms. The minimum absolute atomic E-state index is 0.0242. The summed E-state index contributed by atoms with van der Waals surface area (Å²) in [6, 6.07) is 9.11. The Morgan fingerprint density at radius 2 is 1.75 bits per heavy atom. The van der Waals surface area contributed by atoms with Gasteiger partial charge in [0, 0.05) is 102 Å². The number of hydrogen-bond donors (Lipinski definition) is 2. The molecule has 1 spiro atoms. The second kappa shape index (κ2) is 16.6. The standard InChI is InChI=1S/C49H60N4O10S/c1-9-28-19-29-23-48(45(56)61-7,41-33(26-52(24-28)25-29)32-20-31(11-12-36(32)50-41)64-18-14-39(55)60-6)35-21-34-37(22-38(35)59-5)51(4)44-47(34)15-17-53-16-13-30(10-2)40(42(47)53)43(63-27(3)54)49(44,58)46(57)62-8/h11-13,19-22,29,40,42-44,50,58H,9-10,14-18,23-26H2,1-8H3/t29-,40?,42+,43-,44-,47-,48+,49-/m1/s1. The highest BCUT2D eigenvalue weighted by Gasteiger charge is 2.77. The molecule has 9 rings (SSSR count). The summed E-state index contributed by atoms with van der Waals surface area (Å²) in [6.45, 7) is 9.00. The van der Waals surface area contributed by atoms with Crippen molar-refractivity contribution < 1.29 is 48.0 Å². The lowest BCUT2D eigenvalue weighted by Crippen LogP contribution is -2.78. The summed E-state index contributed by atoms with van der Waals surface area (Å²) in [5.41, 5.74) is 2.60. The van der Waals surface area contributed by atoms with Crippen molar-refractivity contribution in [2.75, 3.05) is 72.3 Å². The predicted molar refractivity (Wildman–Crippen MR) is 241 cm³/mol. The zero-order chi connectivity index (χ0) is 45.5. The van der Waals surface area contributed by atoms with E-state index in [-0.39, 0.29) is 24.3 Å².